The highest BCUT2D eigenvalue weighted by molar-refractivity contribution is 6.21. The largest absolute Gasteiger partial charge is 1.00 e. The number of quaternary nitrogens is 1. The summed E-state index contributed by atoms with van der Waals surface area (Å²) in [7, 11) is 0. The third kappa shape index (κ3) is 3.53. The molecular formula is C9H13Cl2NO. The number of benzene rings is 1. The molecule has 0 bridgehead atoms. The van der Waals surface area contributed by atoms with Gasteiger partial charge in [0.25, 0.3) is 0 Å². The van der Waals surface area contributed by atoms with Gasteiger partial charge in [-0.2, -0.15) is 0 Å². The Hall–Kier alpha value is -0.280. The van der Waals surface area contributed by atoms with Gasteiger partial charge in [-0.1, -0.05) is 30.3 Å². The maximum atomic E-state index is 9.62. The second-order valence-corrected chi connectivity index (χ2v) is 3.22. The van der Waals surface area contributed by atoms with Gasteiger partial charge < -0.3 is 23.2 Å². The summed E-state index contributed by atoms with van der Waals surface area (Å²) in [5, 5.41) is 9.32. The van der Waals surface area contributed by atoms with Crippen molar-refractivity contribution in [1.82, 2.24) is 0 Å². The number of hydrogen-bond donors (Lipinski definition) is 2. The topological polar surface area (TPSA) is 47.9 Å². The van der Waals surface area contributed by atoms with Crippen molar-refractivity contribution in [3.63, 3.8) is 0 Å². The van der Waals surface area contributed by atoms with Crippen molar-refractivity contribution >= 4 is 11.6 Å². The van der Waals surface area contributed by atoms with Crippen molar-refractivity contribution < 1.29 is 23.2 Å². The van der Waals surface area contributed by atoms with Gasteiger partial charge in [0.15, 0.2) is 0 Å². The Bertz CT molecular complexity index is 230. The molecule has 1 rings (SSSR count). The predicted molar refractivity (Wildman–Crippen MR) is 48.8 cm³/mol. The van der Waals surface area contributed by atoms with E-state index in [0.717, 1.165) is 5.56 Å². The maximum Gasteiger partial charge on any atom is 0.112 e. The van der Waals surface area contributed by atoms with Crippen LogP contribution in [-0.4, -0.2) is 17.0 Å². The number of alkyl halides is 1. The molecule has 1 aromatic rings. The van der Waals surface area contributed by atoms with Crippen molar-refractivity contribution in [1.29, 1.82) is 0 Å². The standard InChI is InChI=1S/C9H12ClNO.ClH/c10-8(6-11)9(12)7-4-2-1-3-5-7;/h1-5,8-9,12H,6,11H2;1H/t8-,9+;/m0./s1. The molecule has 0 spiro atoms. The van der Waals surface area contributed by atoms with Crippen LogP contribution in [0.25, 0.3) is 0 Å². The van der Waals surface area contributed by atoms with E-state index in [1.807, 2.05) is 30.3 Å². The monoisotopic (exact) mass is 221 g/mol. The molecule has 4 heteroatoms. The third-order valence-corrected chi connectivity index (χ3v) is 2.22. The molecule has 2 atom stereocenters. The van der Waals surface area contributed by atoms with Gasteiger partial charge in [0.05, 0.1) is 6.54 Å². The Labute approximate surface area is 89.1 Å². The number of aliphatic hydroxyl groups is 1. The maximum absolute atomic E-state index is 9.62. The SMILES string of the molecule is [Cl-].[NH3+]C[C@H](Cl)[C@H](O)c1ccccc1. The summed E-state index contributed by atoms with van der Waals surface area (Å²) in [5.41, 5.74) is 4.49. The summed E-state index contributed by atoms with van der Waals surface area (Å²) in [4.78, 5) is 0. The van der Waals surface area contributed by atoms with Gasteiger partial charge in [-0.15, -0.1) is 11.6 Å². The zero-order valence-corrected chi connectivity index (χ0v) is 8.67. The van der Waals surface area contributed by atoms with E-state index in [4.69, 9.17) is 11.6 Å². The number of rotatable bonds is 3. The summed E-state index contributed by atoms with van der Waals surface area (Å²) in [6, 6.07) is 9.38. The van der Waals surface area contributed by atoms with Crippen molar-refractivity contribution in [2.24, 2.45) is 0 Å². The van der Waals surface area contributed by atoms with Crippen LogP contribution < -0.4 is 18.1 Å². The second kappa shape index (κ2) is 6.22. The molecule has 2 nitrogen and oxygen atoms in total. The number of hydrogen-bond acceptors (Lipinski definition) is 1. The van der Waals surface area contributed by atoms with E-state index in [-0.39, 0.29) is 17.8 Å². The summed E-state index contributed by atoms with van der Waals surface area (Å²) in [6.45, 7) is 0.525. The first kappa shape index (κ1) is 12.7. The Morgan fingerprint density at radius 2 is 1.85 bits per heavy atom. The molecule has 0 aliphatic heterocycles. The summed E-state index contributed by atoms with van der Waals surface area (Å²) in [5.74, 6) is 0. The average Bonchev–Trinajstić information content (AvgIpc) is 2.17. The van der Waals surface area contributed by atoms with Crippen LogP contribution in [0.15, 0.2) is 30.3 Å². The summed E-state index contributed by atoms with van der Waals surface area (Å²) < 4.78 is 0. The van der Waals surface area contributed by atoms with Gasteiger partial charge in [0.2, 0.25) is 0 Å². The highest BCUT2D eigenvalue weighted by Gasteiger charge is 2.17. The van der Waals surface area contributed by atoms with Gasteiger partial charge >= 0.3 is 0 Å². The molecular weight excluding hydrogens is 209 g/mol. The van der Waals surface area contributed by atoms with Crippen LogP contribution in [0.2, 0.25) is 0 Å². The molecule has 0 saturated heterocycles. The van der Waals surface area contributed by atoms with Crippen LogP contribution in [0.5, 0.6) is 0 Å². The minimum absolute atomic E-state index is 0. The van der Waals surface area contributed by atoms with E-state index in [1.54, 1.807) is 0 Å². The van der Waals surface area contributed by atoms with Crippen LogP contribution >= 0.6 is 11.6 Å². The second-order valence-electron chi connectivity index (χ2n) is 2.66. The van der Waals surface area contributed by atoms with Gasteiger partial charge in [-0.3, -0.25) is 0 Å². The van der Waals surface area contributed by atoms with Crippen LogP contribution in [0, 0.1) is 0 Å². The average molecular weight is 222 g/mol. The minimum atomic E-state index is -0.606. The molecule has 0 aliphatic carbocycles. The van der Waals surface area contributed by atoms with Gasteiger partial charge in [0.1, 0.15) is 11.5 Å². The van der Waals surface area contributed by atoms with Crippen molar-refractivity contribution in [3.8, 4) is 0 Å². The Morgan fingerprint density at radius 1 is 1.31 bits per heavy atom. The Balaban J connectivity index is 0.00000144. The van der Waals surface area contributed by atoms with Crippen molar-refractivity contribution in [3.05, 3.63) is 35.9 Å². The highest BCUT2D eigenvalue weighted by atomic mass is 35.5. The normalized spacial score (nSPS) is 14.4. The predicted octanol–water partition coefficient (Wildman–Crippen LogP) is -2.43. The summed E-state index contributed by atoms with van der Waals surface area (Å²) in [6.07, 6.45) is -0.606. The van der Waals surface area contributed by atoms with E-state index >= 15 is 0 Å². The van der Waals surface area contributed by atoms with Crippen LogP contribution in [0.4, 0.5) is 0 Å². The van der Waals surface area contributed by atoms with Crippen molar-refractivity contribution in [2.75, 3.05) is 6.54 Å². The molecule has 4 N–H and O–H groups in total. The molecule has 0 unspecified atom stereocenters. The summed E-state index contributed by atoms with van der Waals surface area (Å²) >= 11 is 5.84. The molecule has 0 amide bonds. The highest BCUT2D eigenvalue weighted by Crippen LogP contribution is 2.19. The quantitative estimate of drug-likeness (QED) is 0.549. The molecule has 0 radical (unpaired) electrons. The smallest absolute Gasteiger partial charge is 0.112 e. The van der Waals surface area contributed by atoms with Crippen molar-refractivity contribution in [2.45, 2.75) is 11.5 Å². The van der Waals surface area contributed by atoms with Crippen LogP contribution in [0.3, 0.4) is 0 Å². The van der Waals surface area contributed by atoms with Crippen LogP contribution in [0.1, 0.15) is 11.7 Å². The van der Waals surface area contributed by atoms with Gasteiger partial charge in [0, 0.05) is 0 Å². The molecule has 74 valence electrons. The van der Waals surface area contributed by atoms with E-state index < -0.39 is 6.10 Å². The van der Waals surface area contributed by atoms with Gasteiger partial charge in [-0.25, -0.2) is 0 Å². The molecule has 13 heavy (non-hydrogen) atoms. The first-order chi connectivity index (χ1) is 5.75. The number of aliphatic hydroxyl groups excluding tert-OH is 1. The fourth-order valence-electron chi connectivity index (χ4n) is 1.02. The minimum Gasteiger partial charge on any atom is -1.00 e. The molecule has 0 fully saturated rings. The lowest BCUT2D eigenvalue weighted by Crippen LogP contribution is -3.00. The Kier molecular flexibility index (Phi) is 6.08. The third-order valence-electron chi connectivity index (χ3n) is 1.76. The van der Waals surface area contributed by atoms with E-state index in [2.05, 4.69) is 5.73 Å². The molecule has 0 saturated carbocycles. The fourth-order valence-corrected chi connectivity index (χ4v) is 1.16. The first-order valence-corrected chi connectivity index (χ1v) is 4.35. The fraction of sp³-hybridized carbons (Fsp3) is 0.333. The molecule has 1 aromatic carbocycles. The lowest BCUT2D eigenvalue weighted by atomic mass is 10.1. The zero-order valence-electron chi connectivity index (χ0n) is 7.16. The van der Waals surface area contributed by atoms with E-state index in [1.165, 1.54) is 0 Å². The van der Waals surface area contributed by atoms with E-state index in [0.29, 0.717) is 6.54 Å². The van der Waals surface area contributed by atoms with Crippen LogP contribution in [-0.2, 0) is 0 Å². The van der Waals surface area contributed by atoms with Gasteiger partial charge in [-0.05, 0) is 5.56 Å². The Morgan fingerprint density at radius 3 is 2.31 bits per heavy atom. The molecule has 0 aromatic heterocycles. The first-order valence-electron chi connectivity index (χ1n) is 3.92. The molecule has 0 heterocycles. The zero-order chi connectivity index (χ0) is 8.97. The molecule has 0 aliphatic rings. The van der Waals surface area contributed by atoms with E-state index in [9.17, 15) is 5.11 Å². The lowest BCUT2D eigenvalue weighted by Gasteiger charge is -2.13. The number of halogens is 2. The lowest BCUT2D eigenvalue weighted by molar-refractivity contribution is -0.369.